The van der Waals surface area contributed by atoms with Gasteiger partial charge in [0.15, 0.2) is 0 Å². The predicted molar refractivity (Wildman–Crippen MR) is 72.3 cm³/mol. The number of halogens is 4. The zero-order chi connectivity index (χ0) is 14.1. The molecule has 0 fully saturated rings. The summed E-state index contributed by atoms with van der Waals surface area (Å²) >= 11 is 2.76. The van der Waals surface area contributed by atoms with Crippen molar-refractivity contribution in [3.8, 4) is 0 Å². The quantitative estimate of drug-likeness (QED) is 0.605. The molecule has 4 heteroatoms. The van der Waals surface area contributed by atoms with Crippen LogP contribution >= 0.6 is 15.9 Å². The van der Waals surface area contributed by atoms with Crippen LogP contribution in [-0.2, 0) is 0 Å². The monoisotopic (exact) mass is 322 g/mol. The molecule has 1 rings (SSSR count). The lowest BCUT2D eigenvalue weighted by atomic mass is 9.90. The van der Waals surface area contributed by atoms with Gasteiger partial charge in [-0.1, -0.05) is 61.8 Å². The summed E-state index contributed by atoms with van der Waals surface area (Å²) in [7, 11) is 0. The SMILES string of the molecule is CC(C)c1ccc(C(Br)C(F)(F)F)c(C(C)C)c1. The van der Waals surface area contributed by atoms with E-state index in [1.54, 1.807) is 12.1 Å². The second-order valence-corrected chi connectivity index (χ2v) is 6.02. The Morgan fingerprint density at radius 3 is 1.89 bits per heavy atom. The van der Waals surface area contributed by atoms with E-state index in [4.69, 9.17) is 0 Å². The average Bonchev–Trinajstić information content (AvgIpc) is 2.25. The van der Waals surface area contributed by atoms with Crippen molar-refractivity contribution in [3.05, 3.63) is 34.9 Å². The Balaban J connectivity index is 3.28. The minimum absolute atomic E-state index is 0.0705. The van der Waals surface area contributed by atoms with Crippen LogP contribution in [0.4, 0.5) is 13.2 Å². The molecule has 0 heterocycles. The molecule has 1 aromatic rings. The maximum Gasteiger partial charge on any atom is 0.405 e. The summed E-state index contributed by atoms with van der Waals surface area (Å²) < 4.78 is 38.4. The highest BCUT2D eigenvalue weighted by Gasteiger charge is 2.40. The highest BCUT2D eigenvalue weighted by atomic mass is 79.9. The Kier molecular flexibility index (Phi) is 4.87. The molecule has 0 bridgehead atoms. The Morgan fingerprint density at radius 2 is 1.50 bits per heavy atom. The van der Waals surface area contributed by atoms with Gasteiger partial charge in [0.1, 0.15) is 4.83 Å². The lowest BCUT2D eigenvalue weighted by Crippen LogP contribution is -2.17. The third-order valence-corrected chi connectivity index (χ3v) is 3.97. The molecule has 0 saturated heterocycles. The third-order valence-electron chi connectivity index (χ3n) is 2.96. The fourth-order valence-electron chi connectivity index (χ4n) is 1.86. The Hall–Kier alpha value is -0.510. The molecule has 0 spiro atoms. The first-order valence-corrected chi connectivity index (χ1v) is 6.90. The molecule has 0 aliphatic rings. The first-order valence-electron chi connectivity index (χ1n) is 5.99. The van der Waals surface area contributed by atoms with Crippen LogP contribution in [0.2, 0.25) is 0 Å². The summed E-state index contributed by atoms with van der Waals surface area (Å²) in [5.41, 5.74) is 2.16. The zero-order valence-corrected chi connectivity index (χ0v) is 12.6. The van der Waals surface area contributed by atoms with Gasteiger partial charge in [-0.2, -0.15) is 13.2 Å². The van der Waals surface area contributed by atoms with Crippen LogP contribution in [-0.4, -0.2) is 6.18 Å². The predicted octanol–water partition coefficient (Wildman–Crippen LogP) is 5.93. The molecule has 0 amide bonds. The number of hydrogen-bond acceptors (Lipinski definition) is 0. The van der Waals surface area contributed by atoms with Crippen LogP contribution in [0.3, 0.4) is 0 Å². The van der Waals surface area contributed by atoms with Gasteiger partial charge >= 0.3 is 6.18 Å². The van der Waals surface area contributed by atoms with Crippen LogP contribution in [0.5, 0.6) is 0 Å². The number of hydrogen-bond donors (Lipinski definition) is 0. The van der Waals surface area contributed by atoms with E-state index in [9.17, 15) is 13.2 Å². The fourth-order valence-corrected chi connectivity index (χ4v) is 2.28. The van der Waals surface area contributed by atoms with Gasteiger partial charge < -0.3 is 0 Å². The van der Waals surface area contributed by atoms with Crippen molar-refractivity contribution in [3.63, 3.8) is 0 Å². The highest BCUT2D eigenvalue weighted by Crippen LogP contribution is 2.43. The van der Waals surface area contributed by atoms with Gasteiger partial charge in [-0.25, -0.2) is 0 Å². The number of benzene rings is 1. The fraction of sp³-hybridized carbons (Fsp3) is 0.571. The zero-order valence-electron chi connectivity index (χ0n) is 11.0. The van der Waals surface area contributed by atoms with Gasteiger partial charge in [-0.15, -0.1) is 0 Å². The van der Waals surface area contributed by atoms with Gasteiger partial charge in [-0.3, -0.25) is 0 Å². The van der Waals surface area contributed by atoms with E-state index in [-0.39, 0.29) is 5.92 Å². The molecular weight excluding hydrogens is 305 g/mol. The van der Waals surface area contributed by atoms with E-state index in [2.05, 4.69) is 15.9 Å². The van der Waals surface area contributed by atoms with Crippen molar-refractivity contribution in [2.45, 2.75) is 50.5 Å². The van der Waals surface area contributed by atoms with Crippen molar-refractivity contribution in [2.24, 2.45) is 0 Å². The van der Waals surface area contributed by atoms with Gasteiger partial charge in [0.05, 0.1) is 0 Å². The molecule has 0 aliphatic heterocycles. The first kappa shape index (κ1) is 15.5. The molecule has 1 atom stereocenters. The van der Waals surface area contributed by atoms with Crippen LogP contribution < -0.4 is 0 Å². The Bertz CT molecular complexity index is 408. The molecule has 0 nitrogen and oxygen atoms in total. The third kappa shape index (κ3) is 3.50. The van der Waals surface area contributed by atoms with Crippen LogP contribution in [0, 0.1) is 0 Å². The molecule has 0 aliphatic carbocycles. The smallest absolute Gasteiger partial charge is 0.169 e. The van der Waals surface area contributed by atoms with Gasteiger partial charge in [0, 0.05) is 0 Å². The summed E-state index contributed by atoms with van der Waals surface area (Å²) in [5, 5.41) is 0. The molecule has 1 unspecified atom stereocenters. The molecule has 102 valence electrons. The van der Waals surface area contributed by atoms with E-state index in [0.29, 0.717) is 11.5 Å². The van der Waals surface area contributed by atoms with Crippen LogP contribution in [0.25, 0.3) is 0 Å². The van der Waals surface area contributed by atoms with Crippen molar-refractivity contribution < 1.29 is 13.2 Å². The summed E-state index contributed by atoms with van der Waals surface area (Å²) in [5.74, 6) is 0.386. The summed E-state index contributed by atoms with van der Waals surface area (Å²) in [6.45, 7) is 7.90. The maximum atomic E-state index is 12.8. The van der Waals surface area contributed by atoms with Crippen LogP contribution in [0.15, 0.2) is 18.2 Å². The van der Waals surface area contributed by atoms with Crippen molar-refractivity contribution in [1.82, 2.24) is 0 Å². The topological polar surface area (TPSA) is 0 Å². The minimum atomic E-state index is -4.26. The normalized spacial score (nSPS) is 14.3. The van der Waals surface area contributed by atoms with Crippen molar-refractivity contribution in [1.29, 1.82) is 0 Å². The summed E-state index contributed by atoms with van der Waals surface area (Å²) in [4.78, 5) is -1.59. The van der Waals surface area contributed by atoms with Gasteiger partial charge in [0.25, 0.3) is 0 Å². The van der Waals surface area contributed by atoms with E-state index in [1.165, 1.54) is 0 Å². The standard InChI is InChI=1S/C14H18BrF3/c1-8(2)10-5-6-11(12(7-10)9(3)4)13(15)14(16,17)18/h5-9,13H,1-4H3. The lowest BCUT2D eigenvalue weighted by Gasteiger charge is -2.21. The van der Waals surface area contributed by atoms with E-state index in [0.717, 1.165) is 11.1 Å². The minimum Gasteiger partial charge on any atom is -0.169 e. The van der Waals surface area contributed by atoms with Gasteiger partial charge in [-0.05, 0) is 28.5 Å². The largest absolute Gasteiger partial charge is 0.405 e. The van der Waals surface area contributed by atoms with Crippen molar-refractivity contribution in [2.75, 3.05) is 0 Å². The van der Waals surface area contributed by atoms with E-state index >= 15 is 0 Å². The average molecular weight is 323 g/mol. The lowest BCUT2D eigenvalue weighted by molar-refractivity contribution is -0.128. The molecule has 1 aromatic carbocycles. The maximum absolute atomic E-state index is 12.8. The molecule has 0 aromatic heterocycles. The molecule has 0 N–H and O–H groups in total. The second kappa shape index (κ2) is 5.64. The molecule has 18 heavy (non-hydrogen) atoms. The number of alkyl halides is 4. The number of rotatable bonds is 3. The Labute approximate surface area is 115 Å². The summed E-state index contributed by atoms with van der Waals surface area (Å²) in [6.07, 6.45) is -4.26. The molecule has 0 saturated carbocycles. The van der Waals surface area contributed by atoms with Gasteiger partial charge in [0.2, 0.25) is 0 Å². The second-order valence-electron chi connectivity index (χ2n) is 5.10. The van der Waals surface area contributed by atoms with E-state index in [1.807, 2.05) is 33.8 Å². The molecular formula is C14H18BrF3. The highest BCUT2D eigenvalue weighted by molar-refractivity contribution is 9.09. The first-order chi connectivity index (χ1) is 8.14. The van der Waals surface area contributed by atoms with Crippen molar-refractivity contribution >= 4 is 15.9 Å². The van der Waals surface area contributed by atoms with Crippen LogP contribution in [0.1, 0.15) is 61.0 Å². The molecule has 0 radical (unpaired) electrons. The van der Waals surface area contributed by atoms with E-state index < -0.39 is 11.0 Å². The summed E-state index contributed by atoms with van der Waals surface area (Å²) in [6, 6.07) is 5.27. The Morgan fingerprint density at radius 1 is 0.944 bits per heavy atom.